The van der Waals surface area contributed by atoms with Crippen LogP contribution in [0.4, 0.5) is 5.69 Å². The molecule has 25 heavy (non-hydrogen) atoms. The van der Waals surface area contributed by atoms with Crippen LogP contribution < -0.4 is 9.64 Å². The molecular formula is C20H30N2O3. The third-order valence-corrected chi connectivity index (χ3v) is 4.66. The van der Waals surface area contributed by atoms with Gasteiger partial charge in [0.05, 0.1) is 5.69 Å². The molecule has 1 aromatic rings. The molecule has 0 bridgehead atoms. The van der Waals surface area contributed by atoms with E-state index in [-0.39, 0.29) is 23.8 Å². The van der Waals surface area contributed by atoms with E-state index < -0.39 is 0 Å². The lowest BCUT2D eigenvalue weighted by Gasteiger charge is -2.31. The number of hydrogen-bond acceptors (Lipinski definition) is 3. The Kier molecular flexibility index (Phi) is 6.09. The van der Waals surface area contributed by atoms with Crippen LogP contribution in [0.1, 0.15) is 53.0 Å². The first-order chi connectivity index (χ1) is 11.8. The van der Waals surface area contributed by atoms with Crippen molar-refractivity contribution < 1.29 is 14.3 Å². The Morgan fingerprint density at radius 1 is 1.24 bits per heavy atom. The second kappa shape index (κ2) is 7.89. The van der Waals surface area contributed by atoms with Gasteiger partial charge in [-0.1, -0.05) is 26.8 Å². The average Bonchev–Trinajstić information content (AvgIpc) is 2.56. The smallest absolute Gasteiger partial charge is 0.265 e. The third-order valence-electron chi connectivity index (χ3n) is 4.66. The molecular weight excluding hydrogens is 316 g/mol. The number of fused-ring (bicyclic) bond motifs is 1. The van der Waals surface area contributed by atoms with Crippen LogP contribution in [-0.2, 0) is 15.0 Å². The summed E-state index contributed by atoms with van der Waals surface area (Å²) in [7, 11) is 0. The van der Waals surface area contributed by atoms with Gasteiger partial charge in [0.2, 0.25) is 5.91 Å². The van der Waals surface area contributed by atoms with E-state index in [0.717, 1.165) is 30.1 Å². The van der Waals surface area contributed by atoms with Crippen molar-refractivity contribution in [1.29, 1.82) is 0 Å². The van der Waals surface area contributed by atoms with Crippen molar-refractivity contribution >= 4 is 17.5 Å². The van der Waals surface area contributed by atoms with Gasteiger partial charge < -0.3 is 14.5 Å². The zero-order valence-corrected chi connectivity index (χ0v) is 16.1. The Hall–Kier alpha value is -2.04. The molecule has 5 nitrogen and oxygen atoms in total. The van der Waals surface area contributed by atoms with E-state index in [4.69, 9.17) is 4.74 Å². The summed E-state index contributed by atoms with van der Waals surface area (Å²) in [5.41, 5.74) is 1.98. The summed E-state index contributed by atoms with van der Waals surface area (Å²) < 4.78 is 5.57. The van der Waals surface area contributed by atoms with Crippen molar-refractivity contribution in [2.75, 3.05) is 31.1 Å². The number of anilines is 1. The molecule has 1 aromatic carbocycles. The molecule has 0 saturated carbocycles. The van der Waals surface area contributed by atoms with E-state index in [1.54, 1.807) is 4.90 Å². The van der Waals surface area contributed by atoms with Crippen LogP contribution in [0, 0.1) is 0 Å². The maximum absolute atomic E-state index is 12.3. The highest BCUT2D eigenvalue weighted by Crippen LogP contribution is 2.36. The Morgan fingerprint density at radius 3 is 2.52 bits per heavy atom. The summed E-state index contributed by atoms with van der Waals surface area (Å²) in [5, 5.41) is 0. The number of nitrogens with zero attached hydrogens (tertiary/aromatic N) is 2. The number of benzene rings is 1. The molecule has 5 heteroatoms. The van der Waals surface area contributed by atoms with E-state index in [2.05, 4.69) is 26.8 Å². The summed E-state index contributed by atoms with van der Waals surface area (Å²) in [6.45, 7) is 12.5. The Labute approximate surface area is 150 Å². The fraction of sp³-hybridized carbons (Fsp3) is 0.600. The van der Waals surface area contributed by atoms with Crippen molar-refractivity contribution in [2.24, 2.45) is 0 Å². The van der Waals surface area contributed by atoms with Crippen LogP contribution in [0.5, 0.6) is 5.75 Å². The van der Waals surface area contributed by atoms with E-state index in [0.29, 0.717) is 19.4 Å². The first kappa shape index (κ1) is 19.3. The van der Waals surface area contributed by atoms with E-state index in [1.165, 1.54) is 0 Å². The fourth-order valence-corrected chi connectivity index (χ4v) is 3.04. The van der Waals surface area contributed by atoms with Crippen LogP contribution >= 0.6 is 0 Å². The van der Waals surface area contributed by atoms with Crippen molar-refractivity contribution in [3.63, 3.8) is 0 Å². The molecule has 0 unspecified atom stereocenters. The SMILES string of the molecule is CCN(CC)C(=O)CCCN1C(=O)COc2ccc(C(C)(C)C)cc21. The van der Waals surface area contributed by atoms with Gasteiger partial charge >= 0.3 is 0 Å². The molecule has 138 valence electrons. The van der Waals surface area contributed by atoms with Gasteiger partial charge in [-0.2, -0.15) is 0 Å². The van der Waals surface area contributed by atoms with Crippen LogP contribution in [0.25, 0.3) is 0 Å². The fourth-order valence-electron chi connectivity index (χ4n) is 3.04. The number of carbonyl (C=O) groups is 2. The standard InChI is InChI=1S/C20H30N2O3/c1-6-21(7-2)18(23)9-8-12-22-16-13-15(20(3,4)5)10-11-17(16)25-14-19(22)24/h10-11,13H,6-9,12,14H2,1-5H3. The van der Waals surface area contributed by atoms with Gasteiger partial charge in [0.1, 0.15) is 5.75 Å². The molecule has 0 aliphatic carbocycles. The van der Waals surface area contributed by atoms with Gasteiger partial charge in [-0.15, -0.1) is 0 Å². The second-order valence-corrected chi connectivity index (χ2v) is 7.44. The monoisotopic (exact) mass is 346 g/mol. The molecule has 0 N–H and O–H groups in total. The molecule has 0 spiro atoms. The van der Waals surface area contributed by atoms with Gasteiger partial charge in [0.25, 0.3) is 5.91 Å². The zero-order chi connectivity index (χ0) is 18.6. The van der Waals surface area contributed by atoms with Crippen molar-refractivity contribution in [2.45, 2.75) is 52.9 Å². The molecule has 0 radical (unpaired) electrons. The Morgan fingerprint density at radius 2 is 1.92 bits per heavy atom. The van der Waals surface area contributed by atoms with Gasteiger partial charge in [0.15, 0.2) is 6.61 Å². The number of ether oxygens (including phenoxy) is 1. The van der Waals surface area contributed by atoms with Crippen LogP contribution in [0.3, 0.4) is 0 Å². The van der Waals surface area contributed by atoms with Crippen LogP contribution in [0.15, 0.2) is 18.2 Å². The molecule has 0 fully saturated rings. The summed E-state index contributed by atoms with van der Waals surface area (Å²) in [4.78, 5) is 28.1. The summed E-state index contributed by atoms with van der Waals surface area (Å²) in [6.07, 6.45) is 1.11. The van der Waals surface area contributed by atoms with Gasteiger partial charge in [0, 0.05) is 26.1 Å². The third kappa shape index (κ3) is 4.53. The first-order valence-electron chi connectivity index (χ1n) is 9.13. The largest absolute Gasteiger partial charge is 0.482 e. The van der Waals surface area contributed by atoms with Gasteiger partial charge in [-0.25, -0.2) is 0 Å². The average molecular weight is 346 g/mol. The molecule has 2 amide bonds. The number of carbonyl (C=O) groups excluding carboxylic acids is 2. The Bertz CT molecular complexity index is 630. The first-order valence-corrected chi connectivity index (χ1v) is 9.13. The minimum absolute atomic E-state index is 0.0000854. The maximum atomic E-state index is 12.3. The van der Waals surface area contributed by atoms with Crippen LogP contribution in [0.2, 0.25) is 0 Å². The maximum Gasteiger partial charge on any atom is 0.265 e. The molecule has 1 aliphatic rings. The minimum atomic E-state index is -0.0474. The summed E-state index contributed by atoms with van der Waals surface area (Å²) in [6, 6.07) is 6.03. The zero-order valence-electron chi connectivity index (χ0n) is 16.1. The molecule has 1 heterocycles. The van der Waals surface area contributed by atoms with Crippen molar-refractivity contribution in [3.8, 4) is 5.75 Å². The van der Waals surface area contributed by atoms with E-state index in [9.17, 15) is 9.59 Å². The highest BCUT2D eigenvalue weighted by molar-refractivity contribution is 5.98. The molecule has 2 rings (SSSR count). The molecule has 0 saturated heterocycles. The van der Waals surface area contributed by atoms with E-state index >= 15 is 0 Å². The number of rotatable bonds is 6. The van der Waals surface area contributed by atoms with Gasteiger partial charge in [-0.05, 0) is 43.4 Å². The number of hydrogen-bond donors (Lipinski definition) is 0. The van der Waals surface area contributed by atoms with Crippen molar-refractivity contribution in [1.82, 2.24) is 4.90 Å². The topological polar surface area (TPSA) is 49.9 Å². The van der Waals surface area contributed by atoms with Gasteiger partial charge in [-0.3, -0.25) is 9.59 Å². The summed E-state index contributed by atoms with van der Waals surface area (Å²) in [5.74, 6) is 0.839. The highest BCUT2D eigenvalue weighted by atomic mass is 16.5. The van der Waals surface area contributed by atoms with Crippen LogP contribution in [-0.4, -0.2) is 43.0 Å². The lowest BCUT2D eigenvalue weighted by Crippen LogP contribution is -2.40. The summed E-state index contributed by atoms with van der Waals surface area (Å²) >= 11 is 0. The quantitative estimate of drug-likeness (QED) is 0.794. The Balaban J connectivity index is 2.11. The predicted molar refractivity (Wildman–Crippen MR) is 100 cm³/mol. The lowest BCUT2D eigenvalue weighted by molar-refractivity contribution is -0.131. The molecule has 0 atom stereocenters. The van der Waals surface area contributed by atoms with Crippen molar-refractivity contribution in [3.05, 3.63) is 23.8 Å². The molecule has 0 aromatic heterocycles. The lowest BCUT2D eigenvalue weighted by atomic mass is 9.86. The predicted octanol–water partition coefficient (Wildman–Crippen LogP) is 3.36. The second-order valence-electron chi connectivity index (χ2n) is 7.44. The minimum Gasteiger partial charge on any atom is -0.482 e. The normalized spacial score (nSPS) is 14.1. The highest BCUT2D eigenvalue weighted by Gasteiger charge is 2.27. The number of amides is 2. The van der Waals surface area contributed by atoms with E-state index in [1.807, 2.05) is 30.9 Å². The molecule has 1 aliphatic heterocycles.